The smallest absolute Gasteiger partial charge is 0.266 e. The molecule has 1 aliphatic heterocycles. The van der Waals surface area contributed by atoms with E-state index in [1.807, 2.05) is 25.1 Å². The molecule has 0 radical (unpaired) electrons. The highest BCUT2D eigenvalue weighted by Gasteiger charge is 2.19. The van der Waals surface area contributed by atoms with E-state index in [1.165, 1.54) is 0 Å². The van der Waals surface area contributed by atoms with Crippen LogP contribution in [0.25, 0.3) is 11.3 Å². The molecule has 0 unspecified atom stereocenters. The maximum atomic E-state index is 12.2. The number of rotatable bonds is 5. The first kappa shape index (κ1) is 18.2. The van der Waals surface area contributed by atoms with Crippen LogP contribution in [0.15, 0.2) is 53.7 Å². The third-order valence-corrected chi connectivity index (χ3v) is 4.89. The van der Waals surface area contributed by atoms with Gasteiger partial charge in [0.25, 0.3) is 5.56 Å². The number of piperazine rings is 1. The van der Waals surface area contributed by atoms with E-state index in [2.05, 4.69) is 29.9 Å². The number of nitrogens with zero attached hydrogens (tertiary/aromatic N) is 7. The lowest BCUT2D eigenvalue weighted by Crippen LogP contribution is -2.48. The van der Waals surface area contributed by atoms with Crippen molar-refractivity contribution < 1.29 is 0 Å². The molecular formula is C20H23N7O. The molecule has 0 aliphatic carbocycles. The first-order valence-electron chi connectivity index (χ1n) is 9.44. The summed E-state index contributed by atoms with van der Waals surface area (Å²) in [6, 6.07) is 9.03. The zero-order valence-electron chi connectivity index (χ0n) is 15.9. The number of anilines is 1. The fourth-order valence-electron chi connectivity index (χ4n) is 3.27. The van der Waals surface area contributed by atoms with Gasteiger partial charge >= 0.3 is 0 Å². The second-order valence-electron chi connectivity index (χ2n) is 6.85. The molecule has 1 aliphatic rings. The number of hydrogen-bond donors (Lipinski definition) is 0. The van der Waals surface area contributed by atoms with Gasteiger partial charge in [0, 0.05) is 68.6 Å². The molecule has 8 heteroatoms. The minimum absolute atomic E-state index is 0.0839. The maximum Gasteiger partial charge on any atom is 0.266 e. The van der Waals surface area contributed by atoms with Crippen molar-refractivity contribution in [2.75, 3.05) is 37.6 Å². The molecule has 8 nitrogen and oxygen atoms in total. The number of aromatic nitrogens is 5. The second kappa shape index (κ2) is 8.26. The Bertz CT molecular complexity index is 981. The largest absolute Gasteiger partial charge is 0.338 e. The molecular weight excluding hydrogens is 354 g/mol. The summed E-state index contributed by atoms with van der Waals surface area (Å²) in [5.74, 6) is 0.793. The summed E-state index contributed by atoms with van der Waals surface area (Å²) < 4.78 is 1.54. The van der Waals surface area contributed by atoms with Gasteiger partial charge in [-0.15, -0.1) is 0 Å². The van der Waals surface area contributed by atoms with Crippen molar-refractivity contribution in [1.82, 2.24) is 29.6 Å². The summed E-state index contributed by atoms with van der Waals surface area (Å²) >= 11 is 0. The predicted octanol–water partition coefficient (Wildman–Crippen LogP) is 1.23. The van der Waals surface area contributed by atoms with E-state index in [1.54, 1.807) is 35.4 Å². The fraction of sp³-hybridized carbons (Fsp3) is 0.350. The molecule has 4 heterocycles. The van der Waals surface area contributed by atoms with Crippen LogP contribution in [0.2, 0.25) is 0 Å². The summed E-state index contributed by atoms with van der Waals surface area (Å²) in [5, 5.41) is 4.51. The van der Waals surface area contributed by atoms with Crippen LogP contribution < -0.4 is 10.5 Å². The third-order valence-electron chi connectivity index (χ3n) is 4.89. The molecule has 1 saturated heterocycles. The van der Waals surface area contributed by atoms with Crippen LogP contribution in [0.4, 0.5) is 5.95 Å². The van der Waals surface area contributed by atoms with Crippen LogP contribution in [0, 0.1) is 6.92 Å². The van der Waals surface area contributed by atoms with Crippen LogP contribution in [-0.2, 0) is 6.54 Å². The molecule has 0 N–H and O–H groups in total. The van der Waals surface area contributed by atoms with E-state index in [4.69, 9.17) is 0 Å². The van der Waals surface area contributed by atoms with Crippen molar-refractivity contribution in [1.29, 1.82) is 0 Å². The van der Waals surface area contributed by atoms with Crippen molar-refractivity contribution in [2.45, 2.75) is 13.5 Å². The monoisotopic (exact) mass is 377 g/mol. The Balaban J connectivity index is 1.36. The van der Waals surface area contributed by atoms with Crippen molar-refractivity contribution in [3.8, 4) is 11.3 Å². The lowest BCUT2D eigenvalue weighted by Gasteiger charge is -2.34. The Kier molecular flexibility index (Phi) is 5.38. The highest BCUT2D eigenvalue weighted by atomic mass is 16.1. The summed E-state index contributed by atoms with van der Waals surface area (Å²) in [7, 11) is 0. The average Bonchev–Trinajstić information content (AvgIpc) is 2.74. The fourth-order valence-corrected chi connectivity index (χ4v) is 3.27. The first-order chi connectivity index (χ1) is 13.7. The van der Waals surface area contributed by atoms with Crippen LogP contribution in [0.3, 0.4) is 0 Å². The second-order valence-corrected chi connectivity index (χ2v) is 6.85. The Morgan fingerprint density at radius 1 is 1.00 bits per heavy atom. The van der Waals surface area contributed by atoms with E-state index in [0.29, 0.717) is 6.54 Å². The number of hydrogen-bond acceptors (Lipinski definition) is 7. The van der Waals surface area contributed by atoms with Crippen LogP contribution >= 0.6 is 0 Å². The SMILES string of the molecule is Cc1ccnc(N2CCN(CCn3nc(-c4cccnc4)ccc3=O)CC2)n1. The third kappa shape index (κ3) is 4.23. The first-order valence-corrected chi connectivity index (χ1v) is 9.44. The zero-order chi connectivity index (χ0) is 19.3. The Hall–Kier alpha value is -3.13. The molecule has 0 spiro atoms. The van der Waals surface area contributed by atoms with Crippen LogP contribution in [0.5, 0.6) is 0 Å². The molecule has 4 rings (SSSR count). The van der Waals surface area contributed by atoms with Gasteiger partial charge in [-0.25, -0.2) is 14.6 Å². The molecule has 0 bridgehead atoms. The lowest BCUT2D eigenvalue weighted by molar-refractivity contribution is 0.242. The van der Waals surface area contributed by atoms with Crippen LogP contribution in [-0.4, -0.2) is 62.4 Å². The van der Waals surface area contributed by atoms with Gasteiger partial charge < -0.3 is 4.90 Å². The molecule has 0 atom stereocenters. The lowest BCUT2D eigenvalue weighted by atomic mass is 10.2. The van der Waals surface area contributed by atoms with Gasteiger partial charge in [-0.1, -0.05) is 0 Å². The molecule has 0 saturated carbocycles. The quantitative estimate of drug-likeness (QED) is 0.661. The van der Waals surface area contributed by atoms with Gasteiger partial charge in [-0.05, 0) is 31.2 Å². The predicted molar refractivity (Wildman–Crippen MR) is 107 cm³/mol. The van der Waals surface area contributed by atoms with Gasteiger partial charge in [-0.3, -0.25) is 14.7 Å². The van der Waals surface area contributed by atoms with E-state index in [0.717, 1.165) is 55.6 Å². The van der Waals surface area contributed by atoms with Gasteiger partial charge in [-0.2, -0.15) is 5.10 Å². The highest BCUT2D eigenvalue weighted by Crippen LogP contribution is 2.13. The van der Waals surface area contributed by atoms with Gasteiger partial charge in [0.15, 0.2) is 0 Å². The van der Waals surface area contributed by atoms with Crippen molar-refractivity contribution >= 4 is 5.95 Å². The van der Waals surface area contributed by atoms with E-state index < -0.39 is 0 Å². The summed E-state index contributed by atoms with van der Waals surface area (Å²) in [6.45, 7) is 6.90. The van der Waals surface area contributed by atoms with Crippen molar-refractivity contribution in [3.05, 3.63) is 65.0 Å². The summed E-state index contributed by atoms with van der Waals surface area (Å²) in [5.41, 5.74) is 2.56. The minimum atomic E-state index is -0.0839. The van der Waals surface area contributed by atoms with Gasteiger partial charge in [0.2, 0.25) is 5.95 Å². The normalized spacial score (nSPS) is 15.0. The minimum Gasteiger partial charge on any atom is -0.338 e. The van der Waals surface area contributed by atoms with Crippen LogP contribution in [0.1, 0.15) is 5.69 Å². The number of pyridine rings is 1. The standard InChI is InChI=1S/C20H23N7O/c1-16-6-8-22-20(23-16)26-12-9-25(10-13-26)11-14-27-19(28)5-4-18(24-27)17-3-2-7-21-15-17/h2-8,15H,9-14H2,1H3. The average molecular weight is 377 g/mol. The number of aryl methyl sites for hydroxylation is 1. The molecule has 3 aromatic heterocycles. The van der Waals surface area contributed by atoms with Gasteiger partial charge in [0.05, 0.1) is 12.2 Å². The molecule has 28 heavy (non-hydrogen) atoms. The van der Waals surface area contributed by atoms with E-state index in [-0.39, 0.29) is 5.56 Å². The van der Waals surface area contributed by atoms with Gasteiger partial charge in [0.1, 0.15) is 0 Å². The molecule has 0 amide bonds. The zero-order valence-corrected chi connectivity index (χ0v) is 15.9. The maximum absolute atomic E-state index is 12.2. The Labute approximate surface area is 163 Å². The summed E-state index contributed by atoms with van der Waals surface area (Å²) in [6.07, 6.45) is 5.28. The highest BCUT2D eigenvalue weighted by molar-refractivity contribution is 5.56. The summed E-state index contributed by atoms with van der Waals surface area (Å²) in [4.78, 5) is 29.7. The molecule has 144 valence electrons. The van der Waals surface area contributed by atoms with E-state index >= 15 is 0 Å². The van der Waals surface area contributed by atoms with Crippen molar-refractivity contribution in [2.24, 2.45) is 0 Å². The molecule has 1 fully saturated rings. The molecule has 3 aromatic rings. The Morgan fingerprint density at radius 2 is 1.86 bits per heavy atom. The molecule has 0 aromatic carbocycles. The Morgan fingerprint density at radius 3 is 2.61 bits per heavy atom. The van der Waals surface area contributed by atoms with E-state index in [9.17, 15) is 4.79 Å². The van der Waals surface area contributed by atoms with Crippen molar-refractivity contribution in [3.63, 3.8) is 0 Å². The topological polar surface area (TPSA) is 80.0 Å².